The van der Waals surface area contributed by atoms with E-state index in [0.29, 0.717) is 6.54 Å². The second kappa shape index (κ2) is 4.95. The maximum Gasteiger partial charge on any atom is 0.237 e. The Bertz CT molecular complexity index is 228. The number of piperazine rings is 1. The van der Waals surface area contributed by atoms with Gasteiger partial charge in [-0.1, -0.05) is 0 Å². The van der Waals surface area contributed by atoms with Crippen LogP contribution in [0.25, 0.3) is 0 Å². The molecule has 1 fully saturated rings. The van der Waals surface area contributed by atoms with Crippen molar-refractivity contribution in [2.24, 2.45) is 0 Å². The van der Waals surface area contributed by atoms with Crippen LogP contribution in [0.5, 0.6) is 0 Å². The molecule has 0 saturated carbocycles. The lowest BCUT2D eigenvalue weighted by molar-refractivity contribution is -0.129. The van der Waals surface area contributed by atoms with E-state index in [0.717, 1.165) is 6.54 Å². The topological polar surface area (TPSA) is 70.2 Å². The van der Waals surface area contributed by atoms with Crippen molar-refractivity contribution in [1.82, 2.24) is 16.0 Å². The highest BCUT2D eigenvalue weighted by Gasteiger charge is 2.23. The molecule has 1 heterocycles. The molecule has 3 N–H and O–H groups in total. The van der Waals surface area contributed by atoms with E-state index >= 15 is 0 Å². The van der Waals surface area contributed by atoms with Gasteiger partial charge in [-0.2, -0.15) is 0 Å². The monoisotopic (exact) mass is 199 g/mol. The van der Waals surface area contributed by atoms with Gasteiger partial charge < -0.3 is 16.0 Å². The number of rotatable bonds is 3. The molecule has 0 spiro atoms. The summed E-state index contributed by atoms with van der Waals surface area (Å²) in [6.45, 7) is 5.16. The maximum atomic E-state index is 11.3. The summed E-state index contributed by atoms with van der Waals surface area (Å²) < 4.78 is 0. The minimum atomic E-state index is -0.373. The van der Waals surface area contributed by atoms with E-state index in [9.17, 15) is 9.59 Å². The Morgan fingerprint density at radius 2 is 2.29 bits per heavy atom. The van der Waals surface area contributed by atoms with Crippen molar-refractivity contribution >= 4 is 11.8 Å². The van der Waals surface area contributed by atoms with E-state index in [2.05, 4.69) is 16.0 Å². The lowest BCUT2D eigenvalue weighted by Gasteiger charge is -2.23. The molecule has 0 aromatic heterocycles. The van der Waals surface area contributed by atoms with Crippen LogP contribution in [0.2, 0.25) is 0 Å². The Morgan fingerprint density at radius 1 is 1.57 bits per heavy atom. The Morgan fingerprint density at radius 3 is 2.86 bits per heavy atom. The predicted octanol–water partition coefficient (Wildman–Crippen LogP) is -1.01. The summed E-state index contributed by atoms with van der Waals surface area (Å²) in [5, 5.41) is 8.46. The second-order valence-corrected chi connectivity index (χ2v) is 3.72. The summed E-state index contributed by atoms with van der Waals surface area (Å²) in [5.41, 5.74) is 0. The molecule has 0 aliphatic carbocycles. The van der Waals surface area contributed by atoms with Crippen LogP contribution in [0.15, 0.2) is 0 Å². The van der Waals surface area contributed by atoms with E-state index in [-0.39, 0.29) is 30.3 Å². The van der Waals surface area contributed by atoms with Gasteiger partial charge in [0, 0.05) is 19.1 Å². The van der Waals surface area contributed by atoms with Crippen LogP contribution in [0, 0.1) is 0 Å². The van der Waals surface area contributed by atoms with Gasteiger partial charge in [0.15, 0.2) is 0 Å². The lowest BCUT2D eigenvalue weighted by Crippen LogP contribution is -2.54. The summed E-state index contributed by atoms with van der Waals surface area (Å²) in [5.74, 6) is -0.176. The van der Waals surface area contributed by atoms with Gasteiger partial charge in [-0.3, -0.25) is 9.59 Å². The normalized spacial score (nSPS) is 21.9. The Kier molecular flexibility index (Phi) is 3.88. The third kappa shape index (κ3) is 3.33. The van der Waals surface area contributed by atoms with Crippen LogP contribution in [-0.2, 0) is 9.59 Å². The van der Waals surface area contributed by atoms with Crippen molar-refractivity contribution in [2.75, 3.05) is 13.1 Å². The van der Waals surface area contributed by atoms with Crippen molar-refractivity contribution in [2.45, 2.75) is 32.4 Å². The number of amides is 2. The van der Waals surface area contributed by atoms with Gasteiger partial charge in [-0.05, 0) is 13.8 Å². The molecule has 1 unspecified atom stereocenters. The van der Waals surface area contributed by atoms with Crippen molar-refractivity contribution in [3.8, 4) is 0 Å². The zero-order valence-corrected chi connectivity index (χ0v) is 8.59. The molecule has 5 heteroatoms. The van der Waals surface area contributed by atoms with Crippen LogP contribution in [0.3, 0.4) is 0 Å². The molecule has 0 radical (unpaired) electrons. The highest BCUT2D eigenvalue weighted by Crippen LogP contribution is 1.96. The fourth-order valence-electron chi connectivity index (χ4n) is 1.38. The molecular formula is C9H17N3O2. The Hall–Kier alpha value is -1.10. The van der Waals surface area contributed by atoms with Gasteiger partial charge in [0.1, 0.15) is 0 Å². The molecule has 0 bridgehead atoms. The molecule has 0 aromatic carbocycles. The number of carbonyl (C=O) groups excluding carboxylic acids is 2. The summed E-state index contributed by atoms with van der Waals surface area (Å²) in [6, 6.07) is -0.253. The van der Waals surface area contributed by atoms with Crippen molar-refractivity contribution in [1.29, 1.82) is 0 Å². The van der Waals surface area contributed by atoms with E-state index < -0.39 is 0 Å². The van der Waals surface area contributed by atoms with Gasteiger partial charge in [-0.25, -0.2) is 0 Å². The zero-order valence-electron chi connectivity index (χ0n) is 8.59. The number of hydrogen-bond acceptors (Lipinski definition) is 3. The van der Waals surface area contributed by atoms with E-state index in [1.807, 2.05) is 13.8 Å². The fourth-order valence-corrected chi connectivity index (χ4v) is 1.38. The molecule has 5 nitrogen and oxygen atoms in total. The maximum absolute atomic E-state index is 11.3. The van der Waals surface area contributed by atoms with Crippen LogP contribution in [0.1, 0.15) is 20.3 Å². The zero-order chi connectivity index (χ0) is 10.6. The molecule has 14 heavy (non-hydrogen) atoms. The lowest BCUT2D eigenvalue weighted by atomic mass is 10.1. The molecule has 1 aliphatic rings. The first-order valence-electron chi connectivity index (χ1n) is 4.90. The molecule has 80 valence electrons. The number of hydrogen-bond donors (Lipinski definition) is 3. The first-order valence-corrected chi connectivity index (χ1v) is 4.90. The third-order valence-electron chi connectivity index (χ3n) is 1.97. The molecule has 0 aromatic rings. The Labute approximate surface area is 83.6 Å². The molecule has 1 rings (SSSR count). The quantitative estimate of drug-likeness (QED) is 0.545. The average molecular weight is 199 g/mol. The summed E-state index contributed by atoms with van der Waals surface area (Å²) in [6.07, 6.45) is 0.212. The molecule has 1 atom stereocenters. The molecule has 2 amide bonds. The minimum Gasteiger partial charge on any atom is -0.354 e. The van der Waals surface area contributed by atoms with Gasteiger partial charge in [0.2, 0.25) is 11.8 Å². The van der Waals surface area contributed by atoms with E-state index in [1.54, 1.807) is 0 Å². The highest BCUT2D eigenvalue weighted by molar-refractivity contribution is 5.88. The number of nitrogens with one attached hydrogen (secondary N) is 3. The molecule has 1 aliphatic heterocycles. The van der Waals surface area contributed by atoms with Gasteiger partial charge in [0.05, 0.1) is 12.5 Å². The first kappa shape index (κ1) is 11.0. The predicted molar refractivity (Wildman–Crippen MR) is 52.7 cm³/mol. The van der Waals surface area contributed by atoms with Crippen molar-refractivity contribution in [3.05, 3.63) is 0 Å². The number of carbonyl (C=O) groups is 2. The van der Waals surface area contributed by atoms with Crippen LogP contribution in [0.4, 0.5) is 0 Å². The van der Waals surface area contributed by atoms with E-state index in [1.165, 1.54) is 0 Å². The first-order chi connectivity index (χ1) is 6.59. The molecular weight excluding hydrogens is 182 g/mol. The second-order valence-electron chi connectivity index (χ2n) is 3.72. The van der Waals surface area contributed by atoms with Crippen molar-refractivity contribution < 1.29 is 9.59 Å². The fraction of sp³-hybridized carbons (Fsp3) is 0.778. The smallest absolute Gasteiger partial charge is 0.237 e. The van der Waals surface area contributed by atoms with Gasteiger partial charge in [-0.15, -0.1) is 0 Å². The van der Waals surface area contributed by atoms with Crippen molar-refractivity contribution in [3.63, 3.8) is 0 Å². The summed E-state index contributed by atoms with van der Waals surface area (Å²) in [7, 11) is 0. The van der Waals surface area contributed by atoms with E-state index in [4.69, 9.17) is 0 Å². The standard InChI is InChI=1S/C9H17N3O2/c1-6(2)12-8(13)5-7-9(14)11-4-3-10-7/h6-7,10H,3-5H2,1-2H3,(H,11,14)(H,12,13). The largest absolute Gasteiger partial charge is 0.354 e. The SMILES string of the molecule is CC(C)NC(=O)CC1NCCNC1=O. The van der Waals surface area contributed by atoms with Crippen LogP contribution >= 0.6 is 0 Å². The van der Waals surface area contributed by atoms with Gasteiger partial charge in [0.25, 0.3) is 0 Å². The Balaban J connectivity index is 2.34. The third-order valence-corrected chi connectivity index (χ3v) is 1.97. The average Bonchev–Trinajstić information content (AvgIpc) is 2.07. The summed E-state index contributed by atoms with van der Waals surface area (Å²) in [4.78, 5) is 22.6. The minimum absolute atomic E-state index is 0.0878. The van der Waals surface area contributed by atoms with Gasteiger partial charge >= 0.3 is 0 Å². The van der Waals surface area contributed by atoms with Crippen LogP contribution in [-0.4, -0.2) is 37.0 Å². The highest BCUT2D eigenvalue weighted by atomic mass is 16.2. The molecule has 1 saturated heterocycles. The summed E-state index contributed by atoms with van der Waals surface area (Å²) >= 11 is 0. The van der Waals surface area contributed by atoms with Crippen LogP contribution < -0.4 is 16.0 Å².